The molecule has 0 saturated carbocycles. The number of methoxy groups -OCH3 is 2. The van der Waals surface area contributed by atoms with Gasteiger partial charge in [-0.1, -0.05) is 30.3 Å². The molecule has 0 saturated heterocycles. The van der Waals surface area contributed by atoms with Gasteiger partial charge in [-0.25, -0.2) is 4.99 Å². The summed E-state index contributed by atoms with van der Waals surface area (Å²) in [6, 6.07) is 32.9. The molecule has 0 aliphatic rings. The third-order valence-corrected chi connectivity index (χ3v) is 5.38. The van der Waals surface area contributed by atoms with E-state index in [1.807, 2.05) is 103 Å². The van der Waals surface area contributed by atoms with E-state index in [4.69, 9.17) is 23.6 Å². The maximum Gasteiger partial charge on any atom is 0.161 e. The van der Waals surface area contributed by atoms with Crippen LogP contribution in [0.3, 0.4) is 0 Å². The van der Waals surface area contributed by atoms with Crippen LogP contribution in [0.4, 0.5) is 5.69 Å². The first-order valence-corrected chi connectivity index (χ1v) is 10.9. The van der Waals surface area contributed by atoms with Gasteiger partial charge in [0.2, 0.25) is 0 Å². The van der Waals surface area contributed by atoms with Gasteiger partial charge in [-0.05, 0) is 66.7 Å². The topological polar surface area (TPSA) is 53.2 Å². The van der Waals surface area contributed by atoms with Gasteiger partial charge in [0, 0.05) is 17.0 Å². The molecule has 5 aromatic rings. The van der Waals surface area contributed by atoms with Gasteiger partial charge in [0.1, 0.15) is 22.8 Å². The summed E-state index contributed by atoms with van der Waals surface area (Å²) in [5.41, 5.74) is 2.43. The minimum absolute atomic E-state index is 0.635. The minimum atomic E-state index is 0.635. The highest BCUT2D eigenvalue weighted by Crippen LogP contribution is 2.33. The van der Waals surface area contributed by atoms with Crippen LogP contribution in [0.25, 0.3) is 22.3 Å². The molecule has 0 radical (unpaired) electrons. The van der Waals surface area contributed by atoms with Crippen LogP contribution in [-0.2, 0) is 0 Å². The first kappa shape index (κ1) is 21.3. The van der Waals surface area contributed by atoms with E-state index in [2.05, 4.69) is 0 Å². The average molecular weight is 450 g/mol. The number of benzene rings is 4. The van der Waals surface area contributed by atoms with Gasteiger partial charge in [0.05, 0.1) is 25.3 Å². The fourth-order valence-corrected chi connectivity index (χ4v) is 3.69. The number of hydrogen-bond acceptors (Lipinski definition) is 5. The first-order chi connectivity index (χ1) is 16.7. The van der Waals surface area contributed by atoms with Crippen LogP contribution in [0.1, 0.15) is 0 Å². The number of hydrogen-bond donors (Lipinski definition) is 0. The summed E-state index contributed by atoms with van der Waals surface area (Å²) >= 11 is 0. The molecule has 0 spiro atoms. The molecule has 1 aromatic heterocycles. The van der Waals surface area contributed by atoms with E-state index < -0.39 is 0 Å². The molecule has 5 rings (SSSR count). The van der Waals surface area contributed by atoms with E-state index >= 15 is 0 Å². The molecule has 0 bridgehead atoms. The molecule has 0 amide bonds. The maximum absolute atomic E-state index is 6.21. The van der Waals surface area contributed by atoms with Crippen molar-refractivity contribution in [2.75, 3.05) is 14.2 Å². The van der Waals surface area contributed by atoms with E-state index in [1.165, 1.54) is 0 Å². The van der Waals surface area contributed by atoms with Gasteiger partial charge < -0.3 is 18.6 Å². The van der Waals surface area contributed by atoms with Gasteiger partial charge in [0.25, 0.3) is 0 Å². The molecule has 5 nitrogen and oxygen atoms in total. The van der Waals surface area contributed by atoms with E-state index in [0.717, 1.165) is 39.1 Å². The summed E-state index contributed by atoms with van der Waals surface area (Å²) in [7, 11) is 3.23. The van der Waals surface area contributed by atoms with Crippen molar-refractivity contribution in [1.29, 1.82) is 0 Å². The molecule has 0 aliphatic heterocycles. The fourth-order valence-electron chi connectivity index (χ4n) is 3.69. The van der Waals surface area contributed by atoms with Crippen LogP contribution in [-0.4, -0.2) is 14.2 Å². The smallest absolute Gasteiger partial charge is 0.161 e. The van der Waals surface area contributed by atoms with Gasteiger partial charge >= 0.3 is 0 Å². The minimum Gasteiger partial charge on any atom is -0.493 e. The number of rotatable bonds is 6. The second-order valence-corrected chi connectivity index (χ2v) is 7.58. The molecular formula is C29H23NO4. The van der Waals surface area contributed by atoms with Gasteiger partial charge in [-0.15, -0.1) is 0 Å². The molecule has 0 atom stereocenters. The van der Waals surface area contributed by atoms with Crippen LogP contribution >= 0.6 is 0 Å². The highest BCUT2D eigenvalue weighted by molar-refractivity contribution is 5.79. The second-order valence-electron chi connectivity index (χ2n) is 7.58. The van der Waals surface area contributed by atoms with Gasteiger partial charge in [-0.2, -0.15) is 0 Å². The standard InChI is InChI=1S/C29H23NO4/c1-31-27-17-12-20(18-29(27)32-2)28-19-25(24-10-6-7-11-26(24)34-28)30-21-13-15-23(16-14-21)33-22-8-4-3-5-9-22/h3-19H,1-2H3. The number of para-hydroxylation sites is 2. The molecule has 168 valence electrons. The Kier molecular flexibility index (Phi) is 5.99. The number of ether oxygens (including phenoxy) is 3. The third kappa shape index (κ3) is 4.50. The molecule has 34 heavy (non-hydrogen) atoms. The van der Waals surface area contributed by atoms with Crippen molar-refractivity contribution in [2.24, 2.45) is 4.99 Å². The van der Waals surface area contributed by atoms with Crippen molar-refractivity contribution in [1.82, 2.24) is 0 Å². The Bertz CT molecular complexity index is 1490. The van der Waals surface area contributed by atoms with Gasteiger partial charge in [-0.3, -0.25) is 0 Å². The molecule has 5 heteroatoms. The van der Waals surface area contributed by atoms with Crippen molar-refractivity contribution in [3.8, 4) is 34.3 Å². The summed E-state index contributed by atoms with van der Waals surface area (Å²) < 4.78 is 22.9. The predicted molar refractivity (Wildman–Crippen MR) is 133 cm³/mol. The lowest BCUT2D eigenvalue weighted by Crippen LogP contribution is -2.03. The van der Waals surface area contributed by atoms with Crippen LogP contribution in [0, 0.1) is 0 Å². The largest absolute Gasteiger partial charge is 0.493 e. The second kappa shape index (κ2) is 9.55. The Balaban J connectivity index is 1.55. The zero-order valence-electron chi connectivity index (χ0n) is 18.9. The highest BCUT2D eigenvalue weighted by Gasteiger charge is 2.10. The van der Waals surface area contributed by atoms with Crippen molar-refractivity contribution in [3.63, 3.8) is 0 Å². The van der Waals surface area contributed by atoms with Crippen LogP contribution in [0.2, 0.25) is 0 Å². The van der Waals surface area contributed by atoms with Crippen molar-refractivity contribution in [2.45, 2.75) is 0 Å². The molecule has 0 fully saturated rings. The Labute approximate surface area is 197 Å². The summed E-state index contributed by atoms with van der Waals surface area (Å²) in [5.74, 6) is 3.53. The molecule has 4 aromatic carbocycles. The average Bonchev–Trinajstić information content (AvgIpc) is 2.90. The fraction of sp³-hybridized carbons (Fsp3) is 0.0690. The Morgan fingerprint density at radius 1 is 0.647 bits per heavy atom. The van der Waals surface area contributed by atoms with E-state index in [1.54, 1.807) is 14.2 Å². The van der Waals surface area contributed by atoms with Crippen LogP contribution in [0.15, 0.2) is 113 Å². The summed E-state index contributed by atoms with van der Waals surface area (Å²) in [6.07, 6.45) is 0. The zero-order valence-corrected chi connectivity index (χ0v) is 18.9. The quantitative estimate of drug-likeness (QED) is 0.276. The predicted octanol–water partition coefficient (Wildman–Crippen LogP) is 7.14. The van der Waals surface area contributed by atoms with E-state index in [9.17, 15) is 0 Å². The SMILES string of the molecule is COc1ccc(-c2cc(=Nc3ccc(Oc4ccccc4)cc3)c3ccccc3o2)cc1OC. The third-order valence-electron chi connectivity index (χ3n) is 5.38. The Morgan fingerprint density at radius 3 is 2.12 bits per heavy atom. The molecular weight excluding hydrogens is 426 g/mol. The van der Waals surface area contributed by atoms with Crippen LogP contribution in [0.5, 0.6) is 23.0 Å². The lowest BCUT2D eigenvalue weighted by atomic mass is 10.1. The lowest BCUT2D eigenvalue weighted by Gasteiger charge is -2.10. The Morgan fingerprint density at radius 2 is 1.35 bits per heavy atom. The Hall–Kier alpha value is -4.51. The van der Waals surface area contributed by atoms with Crippen molar-refractivity contribution < 1.29 is 18.6 Å². The molecule has 0 aliphatic carbocycles. The van der Waals surface area contributed by atoms with Crippen LogP contribution < -0.4 is 19.6 Å². The summed E-state index contributed by atoms with van der Waals surface area (Å²) in [5, 5.41) is 1.74. The summed E-state index contributed by atoms with van der Waals surface area (Å²) in [6.45, 7) is 0. The van der Waals surface area contributed by atoms with E-state index in [0.29, 0.717) is 17.3 Å². The van der Waals surface area contributed by atoms with Crippen molar-refractivity contribution in [3.05, 3.63) is 108 Å². The molecule has 0 N–H and O–H groups in total. The maximum atomic E-state index is 6.21. The number of fused-ring (bicyclic) bond motifs is 1. The van der Waals surface area contributed by atoms with Gasteiger partial charge in [0.15, 0.2) is 11.5 Å². The molecule has 0 unspecified atom stereocenters. The lowest BCUT2D eigenvalue weighted by molar-refractivity contribution is 0.355. The first-order valence-electron chi connectivity index (χ1n) is 10.9. The highest BCUT2D eigenvalue weighted by atomic mass is 16.5. The van der Waals surface area contributed by atoms with E-state index in [-0.39, 0.29) is 0 Å². The molecule has 1 heterocycles. The summed E-state index contributed by atoms with van der Waals surface area (Å²) in [4.78, 5) is 4.91. The number of nitrogens with zero attached hydrogens (tertiary/aromatic N) is 1. The normalized spacial score (nSPS) is 11.4. The zero-order chi connectivity index (χ0) is 23.3. The van der Waals surface area contributed by atoms with Crippen molar-refractivity contribution >= 4 is 16.7 Å². The monoisotopic (exact) mass is 449 g/mol.